The van der Waals surface area contributed by atoms with Gasteiger partial charge < -0.3 is 11.1 Å². The van der Waals surface area contributed by atoms with Gasteiger partial charge >= 0.3 is 6.03 Å². The predicted octanol–water partition coefficient (Wildman–Crippen LogP) is 1.26. The van der Waals surface area contributed by atoms with Crippen molar-refractivity contribution >= 4 is 23.6 Å². The first kappa shape index (κ1) is 13.6. The SMILES string of the molecule is NC(=O)NC(=NCc1ncccc1Cl)NCC1CC1. The number of amides is 2. The summed E-state index contributed by atoms with van der Waals surface area (Å²) in [6.07, 6.45) is 4.07. The van der Waals surface area contributed by atoms with Crippen molar-refractivity contribution in [3.8, 4) is 0 Å². The fraction of sp³-hybridized carbons (Fsp3) is 0.417. The van der Waals surface area contributed by atoms with Gasteiger partial charge in [-0.2, -0.15) is 0 Å². The van der Waals surface area contributed by atoms with Gasteiger partial charge in [-0.3, -0.25) is 10.3 Å². The van der Waals surface area contributed by atoms with Crippen LogP contribution in [-0.4, -0.2) is 23.5 Å². The molecule has 4 N–H and O–H groups in total. The standard InChI is InChI=1S/C12H16ClN5O/c13-9-2-1-5-15-10(9)7-17-12(18-11(14)19)16-6-8-3-4-8/h1-2,5,8H,3-4,6-7H2,(H4,14,16,17,18,19). The van der Waals surface area contributed by atoms with Crippen LogP contribution in [0.4, 0.5) is 4.79 Å². The van der Waals surface area contributed by atoms with Gasteiger partial charge in [0.1, 0.15) is 0 Å². The molecule has 1 aromatic heterocycles. The average molecular weight is 282 g/mol. The van der Waals surface area contributed by atoms with E-state index in [9.17, 15) is 4.79 Å². The predicted molar refractivity (Wildman–Crippen MR) is 73.8 cm³/mol. The van der Waals surface area contributed by atoms with Crippen LogP contribution >= 0.6 is 11.6 Å². The minimum absolute atomic E-state index is 0.285. The topological polar surface area (TPSA) is 92.4 Å². The molecule has 0 spiro atoms. The van der Waals surface area contributed by atoms with Crippen LogP contribution in [-0.2, 0) is 6.54 Å². The van der Waals surface area contributed by atoms with E-state index in [1.54, 1.807) is 18.3 Å². The number of hydrogen-bond acceptors (Lipinski definition) is 3. The second-order valence-electron chi connectivity index (χ2n) is 4.41. The summed E-state index contributed by atoms with van der Waals surface area (Å²) in [6, 6.07) is 2.86. The van der Waals surface area contributed by atoms with Gasteiger partial charge in [-0.05, 0) is 30.9 Å². The summed E-state index contributed by atoms with van der Waals surface area (Å²) in [5.41, 5.74) is 5.76. The van der Waals surface area contributed by atoms with E-state index < -0.39 is 6.03 Å². The molecule has 0 radical (unpaired) electrons. The van der Waals surface area contributed by atoms with E-state index in [2.05, 4.69) is 20.6 Å². The van der Waals surface area contributed by atoms with Crippen LogP contribution in [0.3, 0.4) is 0 Å². The largest absolute Gasteiger partial charge is 0.356 e. The van der Waals surface area contributed by atoms with Crippen LogP contribution in [0.15, 0.2) is 23.3 Å². The molecule has 1 aromatic rings. The Hall–Kier alpha value is -1.82. The maximum atomic E-state index is 10.9. The molecule has 2 amide bonds. The van der Waals surface area contributed by atoms with Crippen molar-refractivity contribution in [2.45, 2.75) is 19.4 Å². The monoisotopic (exact) mass is 281 g/mol. The summed E-state index contributed by atoms with van der Waals surface area (Å²) >= 11 is 5.99. The Labute approximate surface area is 116 Å². The molecule has 2 rings (SSSR count). The van der Waals surface area contributed by atoms with Gasteiger partial charge in [0.25, 0.3) is 0 Å². The average Bonchev–Trinajstić information content (AvgIpc) is 3.18. The molecule has 1 fully saturated rings. The molecule has 1 heterocycles. The molecule has 0 atom stereocenters. The smallest absolute Gasteiger partial charge is 0.318 e. The second-order valence-corrected chi connectivity index (χ2v) is 4.82. The molecule has 1 saturated carbocycles. The number of guanidine groups is 1. The number of carbonyl (C=O) groups is 1. The van der Waals surface area contributed by atoms with Gasteiger partial charge in [0.05, 0.1) is 17.3 Å². The maximum absolute atomic E-state index is 10.9. The lowest BCUT2D eigenvalue weighted by Crippen LogP contribution is -2.44. The van der Waals surface area contributed by atoms with E-state index in [-0.39, 0.29) is 6.54 Å². The highest BCUT2D eigenvalue weighted by Crippen LogP contribution is 2.27. The summed E-state index contributed by atoms with van der Waals surface area (Å²) in [7, 11) is 0. The number of nitrogens with one attached hydrogen (secondary N) is 2. The molecular formula is C12H16ClN5O. The second kappa shape index (κ2) is 6.38. The molecule has 6 nitrogen and oxygen atoms in total. The highest BCUT2D eigenvalue weighted by atomic mass is 35.5. The Morgan fingerprint density at radius 2 is 2.37 bits per heavy atom. The first-order chi connectivity index (χ1) is 9.15. The number of urea groups is 1. The zero-order valence-corrected chi connectivity index (χ0v) is 11.2. The zero-order valence-electron chi connectivity index (χ0n) is 10.4. The summed E-state index contributed by atoms with van der Waals surface area (Å²) < 4.78 is 0. The lowest BCUT2D eigenvalue weighted by atomic mass is 10.3. The van der Waals surface area contributed by atoms with E-state index in [4.69, 9.17) is 17.3 Å². The Balaban J connectivity index is 1.97. The lowest BCUT2D eigenvalue weighted by molar-refractivity contribution is 0.253. The molecule has 0 aliphatic heterocycles. The van der Waals surface area contributed by atoms with Gasteiger partial charge in [0.15, 0.2) is 5.96 Å². The van der Waals surface area contributed by atoms with E-state index in [0.29, 0.717) is 22.6 Å². The Bertz CT molecular complexity index is 487. The van der Waals surface area contributed by atoms with Gasteiger partial charge in [-0.15, -0.1) is 0 Å². The fourth-order valence-electron chi connectivity index (χ4n) is 1.51. The quantitative estimate of drug-likeness (QED) is 0.573. The highest BCUT2D eigenvalue weighted by Gasteiger charge is 2.21. The first-order valence-electron chi connectivity index (χ1n) is 6.09. The number of nitrogens with two attached hydrogens (primary N) is 1. The van der Waals surface area contributed by atoms with Crippen molar-refractivity contribution in [2.24, 2.45) is 16.6 Å². The van der Waals surface area contributed by atoms with Gasteiger partial charge in [-0.1, -0.05) is 11.6 Å². The number of nitrogens with zero attached hydrogens (tertiary/aromatic N) is 2. The molecule has 1 aliphatic carbocycles. The number of pyridine rings is 1. The van der Waals surface area contributed by atoms with Gasteiger partial charge in [0.2, 0.25) is 0 Å². The third-order valence-corrected chi connectivity index (χ3v) is 3.06. The Morgan fingerprint density at radius 3 is 3.00 bits per heavy atom. The fourth-order valence-corrected chi connectivity index (χ4v) is 1.69. The summed E-state index contributed by atoms with van der Waals surface area (Å²) in [5.74, 6) is 1.03. The van der Waals surface area contributed by atoms with Crippen molar-refractivity contribution in [2.75, 3.05) is 6.54 Å². The normalized spacial score (nSPS) is 15.1. The Kier molecular flexibility index (Phi) is 4.57. The minimum Gasteiger partial charge on any atom is -0.356 e. The van der Waals surface area contributed by atoms with E-state index >= 15 is 0 Å². The molecule has 0 aromatic carbocycles. The van der Waals surface area contributed by atoms with Crippen LogP contribution in [0.5, 0.6) is 0 Å². The van der Waals surface area contributed by atoms with Crippen molar-refractivity contribution in [1.82, 2.24) is 15.6 Å². The molecular weight excluding hydrogens is 266 g/mol. The van der Waals surface area contributed by atoms with Crippen LogP contribution in [0.2, 0.25) is 5.02 Å². The molecule has 0 unspecified atom stereocenters. The third-order valence-electron chi connectivity index (χ3n) is 2.72. The number of aromatic nitrogens is 1. The van der Waals surface area contributed by atoms with Crippen LogP contribution in [0.1, 0.15) is 18.5 Å². The number of aliphatic imine (C=N–C) groups is 1. The van der Waals surface area contributed by atoms with Crippen molar-refractivity contribution in [3.63, 3.8) is 0 Å². The van der Waals surface area contributed by atoms with Crippen LogP contribution in [0.25, 0.3) is 0 Å². The van der Waals surface area contributed by atoms with Crippen molar-refractivity contribution in [3.05, 3.63) is 29.0 Å². The van der Waals surface area contributed by atoms with E-state index in [1.165, 1.54) is 12.8 Å². The van der Waals surface area contributed by atoms with E-state index in [0.717, 1.165) is 6.54 Å². The number of halogens is 1. The van der Waals surface area contributed by atoms with E-state index in [1.807, 2.05) is 0 Å². The highest BCUT2D eigenvalue weighted by molar-refractivity contribution is 6.31. The number of hydrogen-bond donors (Lipinski definition) is 3. The molecule has 7 heteroatoms. The zero-order chi connectivity index (χ0) is 13.7. The van der Waals surface area contributed by atoms with Gasteiger partial charge in [-0.25, -0.2) is 9.79 Å². The number of primary amides is 1. The molecule has 0 saturated heterocycles. The number of carbonyl (C=O) groups excluding carboxylic acids is 1. The summed E-state index contributed by atoms with van der Waals surface area (Å²) in [5, 5.41) is 6.08. The number of rotatable bonds is 4. The molecule has 0 bridgehead atoms. The van der Waals surface area contributed by atoms with Crippen molar-refractivity contribution < 1.29 is 4.79 Å². The third kappa shape index (κ3) is 4.75. The lowest BCUT2D eigenvalue weighted by Gasteiger charge is -2.09. The molecule has 19 heavy (non-hydrogen) atoms. The van der Waals surface area contributed by atoms with Gasteiger partial charge in [0, 0.05) is 12.7 Å². The van der Waals surface area contributed by atoms with Crippen LogP contribution in [0, 0.1) is 5.92 Å². The molecule has 102 valence electrons. The Morgan fingerprint density at radius 1 is 1.58 bits per heavy atom. The first-order valence-corrected chi connectivity index (χ1v) is 6.47. The van der Waals surface area contributed by atoms with Crippen LogP contribution < -0.4 is 16.4 Å². The summed E-state index contributed by atoms with van der Waals surface area (Å²) in [6.45, 7) is 1.07. The maximum Gasteiger partial charge on any atom is 0.318 e. The minimum atomic E-state index is -0.644. The van der Waals surface area contributed by atoms with Crippen molar-refractivity contribution in [1.29, 1.82) is 0 Å². The summed E-state index contributed by atoms with van der Waals surface area (Å²) in [4.78, 5) is 19.3. The molecule has 1 aliphatic rings.